The molecule has 122 valence electrons. The number of amides is 1. The van der Waals surface area contributed by atoms with E-state index in [0.29, 0.717) is 0 Å². The highest BCUT2D eigenvalue weighted by molar-refractivity contribution is 7.99. The third kappa shape index (κ3) is 5.15. The van der Waals surface area contributed by atoms with Crippen molar-refractivity contribution in [2.75, 3.05) is 45.6 Å². The molecule has 0 aromatic heterocycles. The fraction of sp³-hybridized carbons (Fsp3) is 0.938. The van der Waals surface area contributed by atoms with Gasteiger partial charge in [-0.2, -0.15) is 11.8 Å². The number of ether oxygens (including phenoxy) is 1. The number of thioether (sulfide) groups is 1. The van der Waals surface area contributed by atoms with Crippen molar-refractivity contribution in [1.82, 2.24) is 10.2 Å². The van der Waals surface area contributed by atoms with Crippen LogP contribution < -0.4 is 5.32 Å². The number of rotatable bonds is 6. The Kier molecular flexibility index (Phi) is 6.83. The highest BCUT2D eigenvalue weighted by Gasteiger charge is 2.35. The molecule has 0 unspecified atom stereocenters. The van der Waals surface area contributed by atoms with Crippen molar-refractivity contribution in [2.45, 2.75) is 44.3 Å². The lowest BCUT2D eigenvalue weighted by Crippen LogP contribution is -2.50. The van der Waals surface area contributed by atoms with Gasteiger partial charge in [-0.15, -0.1) is 0 Å². The van der Waals surface area contributed by atoms with Crippen LogP contribution in [0.4, 0.5) is 0 Å². The first-order chi connectivity index (χ1) is 10.2. The van der Waals surface area contributed by atoms with Gasteiger partial charge in [-0.3, -0.25) is 9.69 Å². The Labute approximate surface area is 133 Å². The summed E-state index contributed by atoms with van der Waals surface area (Å²) in [5.74, 6) is 0.189. The lowest BCUT2D eigenvalue weighted by Gasteiger charge is -2.42. The number of nitrogens with zero attached hydrogens (tertiary/aromatic N) is 1. The summed E-state index contributed by atoms with van der Waals surface area (Å²) in [5.41, 5.74) is 0.281. The molecule has 1 heterocycles. The zero-order valence-corrected chi connectivity index (χ0v) is 14.3. The van der Waals surface area contributed by atoms with Crippen molar-refractivity contribution in [3.05, 3.63) is 0 Å². The van der Waals surface area contributed by atoms with Crippen molar-refractivity contribution in [2.24, 2.45) is 5.41 Å². The molecular formula is C16H30N2O2S. The molecule has 1 amide bonds. The van der Waals surface area contributed by atoms with E-state index in [1.807, 2.05) is 13.2 Å². The molecule has 4 nitrogen and oxygen atoms in total. The van der Waals surface area contributed by atoms with Gasteiger partial charge in [0.1, 0.15) is 0 Å². The predicted octanol–water partition coefficient (Wildman–Crippen LogP) is 2.14. The third-order valence-electron chi connectivity index (χ3n) is 4.94. The number of morpholine rings is 1. The van der Waals surface area contributed by atoms with Gasteiger partial charge in [-0.05, 0) is 26.0 Å². The van der Waals surface area contributed by atoms with Gasteiger partial charge in [0, 0.05) is 31.6 Å². The molecule has 21 heavy (non-hydrogen) atoms. The normalized spacial score (nSPS) is 24.5. The number of carbonyl (C=O) groups excluding carboxylic acids is 1. The van der Waals surface area contributed by atoms with Crippen LogP contribution in [0.2, 0.25) is 0 Å². The minimum Gasteiger partial charge on any atom is -0.379 e. The topological polar surface area (TPSA) is 41.6 Å². The Hall–Kier alpha value is -0.260. The highest BCUT2D eigenvalue weighted by Crippen LogP contribution is 2.36. The van der Waals surface area contributed by atoms with Crippen LogP contribution in [0.15, 0.2) is 0 Å². The van der Waals surface area contributed by atoms with E-state index in [1.54, 1.807) is 11.8 Å². The largest absolute Gasteiger partial charge is 0.379 e. The average Bonchev–Trinajstić information content (AvgIpc) is 2.53. The summed E-state index contributed by atoms with van der Waals surface area (Å²) in [7, 11) is 0. The summed E-state index contributed by atoms with van der Waals surface area (Å²) in [4.78, 5) is 14.6. The van der Waals surface area contributed by atoms with Crippen LogP contribution in [0.5, 0.6) is 0 Å². The molecule has 1 saturated carbocycles. The molecule has 2 fully saturated rings. The molecule has 0 aromatic rings. The minimum absolute atomic E-state index is 0.0500. The van der Waals surface area contributed by atoms with Gasteiger partial charge in [0.2, 0.25) is 5.91 Å². The van der Waals surface area contributed by atoms with E-state index in [2.05, 4.69) is 10.2 Å². The van der Waals surface area contributed by atoms with E-state index < -0.39 is 0 Å². The second-order valence-corrected chi connectivity index (χ2v) is 7.72. The van der Waals surface area contributed by atoms with Crippen molar-refractivity contribution >= 4 is 17.7 Å². The van der Waals surface area contributed by atoms with E-state index in [9.17, 15) is 4.79 Å². The van der Waals surface area contributed by atoms with Crippen molar-refractivity contribution in [1.29, 1.82) is 0 Å². The van der Waals surface area contributed by atoms with Crippen molar-refractivity contribution < 1.29 is 9.53 Å². The Balaban J connectivity index is 1.90. The van der Waals surface area contributed by atoms with Gasteiger partial charge in [0.25, 0.3) is 0 Å². The summed E-state index contributed by atoms with van der Waals surface area (Å²) in [6.07, 6.45) is 8.45. The number of hydrogen-bond acceptors (Lipinski definition) is 4. The first-order valence-corrected chi connectivity index (χ1v) is 9.55. The molecule has 2 rings (SSSR count). The zero-order chi connectivity index (χ0) is 15.1. The highest BCUT2D eigenvalue weighted by atomic mass is 32.2. The first-order valence-electron chi connectivity index (χ1n) is 8.26. The molecule has 0 radical (unpaired) electrons. The smallest absolute Gasteiger partial charge is 0.232 e. The average molecular weight is 314 g/mol. The van der Waals surface area contributed by atoms with Gasteiger partial charge in [0.05, 0.1) is 18.5 Å². The summed E-state index contributed by atoms with van der Waals surface area (Å²) in [6.45, 7) is 7.72. The van der Waals surface area contributed by atoms with E-state index in [4.69, 9.17) is 4.74 Å². The Morgan fingerprint density at radius 3 is 2.57 bits per heavy atom. The summed E-state index contributed by atoms with van der Waals surface area (Å²) in [5, 5.41) is 3.27. The second-order valence-electron chi connectivity index (χ2n) is 6.54. The van der Waals surface area contributed by atoms with Crippen LogP contribution in [0.25, 0.3) is 0 Å². The molecule has 1 aliphatic carbocycles. The molecule has 0 spiro atoms. The van der Waals surface area contributed by atoms with Crippen molar-refractivity contribution in [3.63, 3.8) is 0 Å². The molecule has 0 aromatic carbocycles. The van der Waals surface area contributed by atoms with Gasteiger partial charge >= 0.3 is 0 Å². The fourth-order valence-corrected chi connectivity index (χ4v) is 3.75. The Morgan fingerprint density at radius 2 is 1.95 bits per heavy atom. The summed E-state index contributed by atoms with van der Waals surface area (Å²) < 4.78 is 5.45. The number of hydrogen-bond donors (Lipinski definition) is 1. The monoisotopic (exact) mass is 314 g/mol. The third-order valence-corrected chi connectivity index (χ3v) is 5.86. The lowest BCUT2D eigenvalue weighted by molar-refractivity contribution is -0.121. The number of nitrogens with one attached hydrogen (secondary N) is 1. The van der Waals surface area contributed by atoms with E-state index in [-0.39, 0.29) is 16.6 Å². The fourth-order valence-electron chi connectivity index (χ4n) is 3.45. The standard InChI is InChI=1S/C16H30N2O2S/c1-14(21-2)15(19)17-12-16(6-4-3-5-7-16)13-18-8-10-20-11-9-18/h14H,3-13H2,1-2H3,(H,17,19)/t14-/m0/s1. The van der Waals surface area contributed by atoms with Crippen molar-refractivity contribution in [3.8, 4) is 0 Å². The predicted molar refractivity (Wildman–Crippen MR) is 88.8 cm³/mol. The SMILES string of the molecule is CS[C@@H](C)C(=O)NCC1(CN2CCOCC2)CCCCC1. The Morgan fingerprint density at radius 1 is 1.29 bits per heavy atom. The maximum Gasteiger partial charge on any atom is 0.232 e. The quantitative estimate of drug-likeness (QED) is 0.815. The lowest BCUT2D eigenvalue weighted by atomic mass is 9.73. The van der Waals surface area contributed by atoms with Gasteiger partial charge in [0.15, 0.2) is 0 Å². The maximum atomic E-state index is 12.1. The van der Waals surface area contributed by atoms with E-state index >= 15 is 0 Å². The minimum atomic E-state index is 0.0500. The molecule has 5 heteroatoms. The molecule has 2 aliphatic rings. The molecular weight excluding hydrogens is 284 g/mol. The molecule has 1 N–H and O–H groups in total. The van der Waals surface area contributed by atoms with Crippen LogP contribution in [-0.2, 0) is 9.53 Å². The number of carbonyl (C=O) groups is 1. The summed E-state index contributed by atoms with van der Waals surface area (Å²) >= 11 is 1.62. The maximum absolute atomic E-state index is 12.1. The Bertz CT molecular complexity index is 326. The molecule has 0 bridgehead atoms. The van der Waals surface area contributed by atoms with Gasteiger partial charge in [-0.25, -0.2) is 0 Å². The first kappa shape index (κ1) is 17.1. The van der Waals surface area contributed by atoms with Gasteiger partial charge < -0.3 is 10.1 Å². The van der Waals surface area contributed by atoms with Crippen LogP contribution in [0, 0.1) is 5.41 Å². The van der Waals surface area contributed by atoms with Crippen LogP contribution in [0.1, 0.15) is 39.0 Å². The summed E-state index contributed by atoms with van der Waals surface area (Å²) in [6, 6.07) is 0. The zero-order valence-electron chi connectivity index (χ0n) is 13.5. The molecule has 1 saturated heterocycles. The van der Waals surface area contributed by atoms with Crippen LogP contribution in [0.3, 0.4) is 0 Å². The molecule has 1 aliphatic heterocycles. The molecule has 1 atom stereocenters. The van der Waals surface area contributed by atoms with E-state index in [0.717, 1.165) is 39.4 Å². The second kappa shape index (κ2) is 8.39. The van der Waals surface area contributed by atoms with Crippen LogP contribution >= 0.6 is 11.8 Å². The van der Waals surface area contributed by atoms with Crippen LogP contribution in [-0.4, -0.2) is 61.7 Å². The van der Waals surface area contributed by atoms with E-state index in [1.165, 1.54) is 32.1 Å². The van der Waals surface area contributed by atoms with Gasteiger partial charge in [-0.1, -0.05) is 19.3 Å².